The van der Waals surface area contributed by atoms with Gasteiger partial charge in [0.2, 0.25) is 11.7 Å². The van der Waals surface area contributed by atoms with Crippen LogP contribution in [0.4, 0.5) is 19.0 Å². The van der Waals surface area contributed by atoms with Crippen LogP contribution in [0.25, 0.3) is 0 Å². The van der Waals surface area contributed by atoms with Crippen LogP contribution in [0.15, 0.2) is 30.3 Å². The molecule has 8 heteroatoms. The maximum Gasteiger partial charge on any atom is 0.451 e. The van der Waals surface area contributed by atoms with Gasteiger partial charge in [-0.05, 0) is 24.3 Å². The highest BCUT2D eigenvalue weighted by Crippen LogP contribution is 2.29. The number of aromatic nitrogens is 2. The Balaban J connectivity index is 2.30. The van der Waals surface area contributed by atoms with E-state index in [4.69, 9.17) is 22.1 Å². The second kappa shape index (κ2) is 4.93. The van der Waals surface area contributed by atoms with Crippen molar-refractivity contribution in [2.45, 2.75) is 6.18 Å². The third-order valence-electron chi connectivity index (χ3n) is 2.01. The predicted molar refractivity (Wildman–Crippen MR) is 63.0 cm³/mol. The Labute approximate surface area is 111 Å². The number of nitrogens with zero attached hydrogens (tertiary/aromatic N) is 2. The third kappa shape index (κ3) is 3.47. The Morgan fingerprint density at radius 2 is 1.74 bits per heavy atom. The predicted octanol–water partition coefficient (Wildman–Crippen LogP) is 3.52. The standard InChI is InChI=1S/C11H7ClF3N3O/c12-6-1-3-7(4-2-6)19-9-5-8(16)17-10(18-9)11(13,14)15/h1-5H,(H2,16,17,18). The van der Waals surface area contributed by atoms with Gasteiger partial charge in [0.25, 0.3) is 0 Å². The molecule has 0 saturated carbocycles. The molecule has 4 nitrogen and oxygen atoms in total. The molecule has 1 heterocycles. The number of nitrogens with two attached hydrogens (primary N) is 1. The van der Waals surface area contributed by atoms with Crippen molar-refractivity contribution in [2.75, 3.05) is 5.73 Å². The van der Waals surface area contributed by atoms with Gasteiger partial charge >= 0.3 is 6.18 Å². The van der Waals surface area contributed by atoms with Gasteiger partial charge in [-0.1, -0.05) is 11.6 Å². The molecular formula is C11H7ClF3N3O. The number of ether oxygens (including phenoxy) is 1. The molecule has 0 fully saturated rings. The van der Waals surface area contributed by atoms with Crippen molar-refractivity contribution in [3.8, 4) is 11.6 Å². The van der Waals surface area contributed by atoms with Crippen molar-refractivity contribution in [3.05, 3.63) is 41.2 Å². The molecule has 0 amide bonds. The van der Waals surface area contributed by atoms with Gasteiger partial charge in [-0.3, -0.25) is 0 Å². The monoisotopic (exact) mass is 289 g/mol. The number of rotatable bonds is 2. The summed E-state index contributed by atoms with van der Waals surface area (Å²) in [6.45, 7) is 0. The first kappa shape index (κ1) is 13.4. The largest absolute Gasteiger partial charge is 0.451 e. The van der Waals surface area contributed by atoms with Gasteiger partial charge in [0.1, 0.15) is 11.6 Å². The Hall–Kier alpha value is -2.02. The van der Waals surface area contributed by atoms with Gasteiger partial charge in [0.05, 0.1) is 0 Å². The van der Waals surface area contributed by atoms with E-state index in [2.05, 4.69) is 9.97 Å². The quantitative estimate of drug-likeness (QED) is 0.919. The molecule has 0 aliphatic carbocycles. The van der Waals surface area contributed by atoms with Crippen LogP contribution < -0.4 is 10.5 Å². The molecule has 1 aromatic carbocycles. The molecule has 0 saturated heterocycles. The highest BCUT2D eigenvalue weighted by atomic mass is 35.5. The van der Waals surface area contributed by atoms with Gasteiger partial charge in [0.15, 0.2) is 0 Å². The van der Waals surface area contributed by atoms with Crippen LogP contribution in [0.2, 0.25) is 5.02 Å². The fourth-order valence-corrected chi connectivity index (χ4v) is 1.37. The summed E-state index contributed by atoms with van der Waals surface area (Å²) in [4.78, 5) is 6.35. The summed E-state index contributed by atoms with van der Waals surface area (Å²) in [5, 5.41) is 0.477. The van der Waals surface area contributed by atoms with Gasteiger partial charge < -0.3 is 10.5 Å². The third-order valence-corrected chi connectivity index (χ3v) is 2.26. The number of hydrogen-bond donors (Lipinski definition) is 1. The first-order valence-electron chi connectivity index (χ1n) is 5.00. The lowest BCUT2D eigenvalue weighted by Crippen LogP contribution is -2.12. The first-order chi connectivity index (χ1) is 8.84. The highest BCUT2D eigenvalue weighted by molar-refractivity contribution is 6.30. The fourth-order valence-electron chi connectivity index (χ4n) is 1.25. The Bertz CT molecular complexity index is 587. The zero-order chi connectivity index (χ0) is 14.0. The van der Waals surface area contributed by atoms with Crippen LogP contribution in [-0.4, -0.2) is 9.97 Å². The Kier molecular flexibility index (Phi) is 3.48. The number of benzene rings is 1. The Morgan fingerprint density at radius 1 is 1.11 bits per heavy atom. The zero-order valence-corrected chi connectivity index (χ0v) is 10.0. The van der Waals surface area contributed by atoms with E-state index in [1.54, 1.807) is 0 Å². The molecule has 2 N–H and O–H groups in total. The minimum atomic E-state index is -4.69. The van der Waals surface area contributed by atoms with Gasteiger partial charge in [0, 0.05) is 11.1 Å². The summed E-state index contributed by atoms with van der Waals surface area (Å²) in [7, 11) is 0. The van der Waals surface area contributed by atoms with E-state index >= 15 is 0 Å². The van der Waals surface area contributed by atoms with Crippen molar-refractivity contribution < 1.29 is 17.9 Å². The van der Waals surface area contributed by atoms with Gasteiger partial charge in [-0.15, -0.1) is 0 Å². The lowest BCUT2D eigenvalue weighted by molar-refractivity contribution is -0.145. The molecule has 2 rings (SSSR count). The number of halogens is 4. The lowest BCUT2D eigenvalue weighted by Gasteiger charge is -2.09. The van der Waals surface area contributed by atoms with Crippen LogP contribution >= 0.6 is 11.6 Å². The average Bonchev–Trinajstić information content (AvgIpc) is 2.30. The zero-order valence-electron chi connectivity index (χ0n) is 9.28. The van der Waals surface area contributed by atoms with Crippen LogP contribution in [0.5, 0.6) is 11.6 Å². The molecule has 0 atom stereocenters. The molecule has 19 heavy (non-hydrogen) atoms. The van der Waals surface area contributed by atoms with Crippen molar-refractivity contribution in [3.63, 3.8) is 0 Å². The van der Waals surface area contributed by atoms with Crippen LogP contribution in [0, 0.1) is 0 Å². The van der Waals surface area contributed by atoms with Crippen molar-refractivity contribution in [1.29, 1.82) is 0 Å². The van der Waals surface area contributed by atoms with Crippen molar-refractivity contribution in [1.82, 2.24) is 9.97 Å². The molecule has 0 unspecified atom stereocenters. The number of anilines is 1. The molecule has 0 aliphatic heterocycles. The summed E-state index contributed by atoms with van der Waals surface area (Å²) < 4.78 is 42.6. The molecule has 2 aromatic rings. The fraction of sp³-hybridized carbons (Fsp3) is 0.0909. The normalized spacial score (nSPS) is 11.4. The smallest absolute Gasteiger partial charge is 0.439 e. The minimum Gasteiger partial charge on any atom is -0.439 e. The molecule has 1 aromatic heterocycles. The van der Waals surface area contributed by atoms with Gasteiger partial charge in [-0.25, -0.2) is 4.98 Å². The van der Waals surface area contributed by atoms with E-state index in [1.165, 1.54) is 24.3 Å². The topological polar surface area (TPSA) is 61.0 Å². The minimum absolute atomic E-state index is 0.288. The summed E-state index contributed by atoms with van der Waals surface area (Å²) in [5.41, 5.74) is 5.28. The molecule has 100 valence electrons. The summed E-state index contributed by atoms with van der Waals surface area (Å²) in [5.74, 6) is -1.68. The summed E-state index contributed by atoms with van der Waals surface area (Å²) in [6, 6.07) is 7.16. The molecule has 0 spiro atoms. The van der Waals surface area contributed by atoms with E-state index in [1.807, 2.05) is 0 Å². The van der Waals surface area contributed by atoms with Crippen LogP contribution in [0.3, 0.4) is 0 Å². The Morgan fingerprint density at radius 3 is 2.32 bits per heavy atom. The molecule has 0 aliphatic rings. The van der Waals surface area contributed by atoms with Crippen LogP contribution in [-0.2, 0) is 6.18 Å². The summed E-state index contributed by atoms with van der Waals surface area (Å²) >= 11 is 5.68. The molecule has 0 radical (unpaired) electrons. The maximum absolute atomic E-state index is 12.5. The maximum atomic E-state index is 12.5. The van der Waals surface area contributed by atoms with E-state index in [0.29, 0.717) is 5.02 Å². The van der Waals surface area contributed by atoms with E-state index in [0.717, 1.165) is 6.07 Å². The molecule has 0 bridgehead atoms. The number of alkyl halides is 3. The van der Waals surface area contributed by atoms with E-state index < -0.39 is 12.0 Å². The summed E-state index contributed by atoms with van der Waals surface area (Å²) in [6.07, 6.45) is -4.69. The highest BCUT2D eigenvalue weighted by Gasteiger charge is 2.35. The van der Waals surface area contributed by atoms with E-state index in [9.17, 15) is 13.2 Å². The number of hydrogen-bond acceptors (Lipinski definition) is 4. The molecular weight excluding hydrogens is 283 g/mol. The van der Waals surface area contributed by atoms with Crippen molar-refractivity contribution in [2.24, 2.45) is 0 Å². The average molecular weight is 290 g/mol. The SMILES string of the molecule is Nc1cc(Oc2ccc(Cl)cc2)nc(C(F)(F)F)n1. The van der Waals surface area contributed by atoms with E-state index in [-0.39, 0.29) is 17.4 Å². The lowest BCUT2D eigenvalue weighted by atomic mass is 10.3. The second-order valence-electron chi connectivity index (χ2n) is 3.51. The van der Waals surface area contributed by atoms with Crippen molar-refractivity contribution >= 4 is 17.4 Å². The van der Waals surface area contributed by atoms with Gasteiger partial charge in [-0.2, -0.15) is 18.2 Å². The second-order valence-corrected chi connectivity index (χ2v) is 3.94. The van der Waals surface area contributed by atoms with Crippen LogP contribution in [0.1, 0.15) is 5.82 Å². The number of nitrogen functional groups attached to an aromatic ring is 1. The first-order valence-corrected chi connectivity index (χ1v) is 5.37.